The average molecular weight is 397 g/mol. The lowest BCUT2D eigenvalue weighted by molar-refractivity contribution is -0.141. The molecule has 1 amide bonds. The van der Waals surface area contributed by atoms with Gasteiger partial charge in [0, 0.05) is 11.8 Å². The summed E-state index contributed by atoms with van der Waals surface area (Å²) in [4.78, 5) is 24.6. The fraction of sp³-hybridized carbons (Fsp3) is 0.474. The van der Waals surface area contributed by atoms with E-state index in [-0.39, 0.29) is 23.4 Å². The molecule has 2 N–H and O–H groups in total. The van der Waals surface area contributed by atoms with Gasteiger partial charge in [0.2, 0.25) is 0 Å². The molecule has 10 heteroatoms. The Morgan fingerprint density at radius 1 is 1.38 bits per heavy atom. The number of ether oxygens (including phenoxy) is 1. The van der Waals surface area contributed by atoms with Crippen LogP contribution in [0, 0.1) is 5.41 Å². The quantitative estimate of drug-likeness (QED) is 0.628. The molecule has 0 saturated carbocycles. The summed E-state index contributed by atoms with van der Waals surface area (Å²) < 4.78 is 7.04. The number of carbonyl (C=O) groups excluding carboxylic acids is 2. The Bertz CT molecular complexity index is 1040. The number of nitrogens with one attached hydrogen (secondary N) is 2. The zero-order valence-corrected chi connectivity index (χ0v) is 16.5. The summed E-state index contributed by atoms with van der Waals surface area (Å²) in [6, 6.07) is 7.06. The molecule has 2 aromatic heterocycles. The minimum absolute atomic E-state index is 0.197. The summed E-state index contributed by atoms with van der Waals surface area (Å²) in [6.45, 7) is 6.37. The van der Waals surface area contributed by atoms with Gasteiger partial charge in [0.05, 0.1) is 18.1 Å². The normalized spacial score (nSPS) is 18.0. The number of hydrogen-bond acceptors (Lipinski definition) is 7. The van der Waals surface area contributed by atoms with Gasteiger partial charge in [-0.05, 0) is 17.9 Å². The Kier molecular flexibility index (Phi) is 4.77. The SMILES string of the molecule is CC(C)(C)[C@H](NC(=O)c1nn(C[C@H]2CCC(=O)O2)c2ccccc12)c1nn[nH]n1. The second-order valence-corrected chi connectivity index (χ2v) is 8.24. The number of carbonyl (C=O) groups is 2. The number of H-pyrrole nitrogens is 1. The van der Waals surface area contributed by atoms with Crippen LogP contribution in [0.25, 0.3) is 10.9 Å². The molecule has 0 bridgehead atoms. The third kappa shape index (κ3) is 3.82. The summed E-state index contributed by atoms with van der Waals surface area (Å²) in [5.41, 5.74) is 0.783. The van der Waals surface area contributed by atoms with E-state index in [1.54, 1.807) is 4.68 Å². The van der Waals surface area contributed by atoms with Crippen LogP contribution in [0.3, 0.4) is 0 Å². The molecule has 10 nitrogen and oxygen atoms in total. The van der Waals surface area contributed by atoms with E-state index < -0.39 is 6.04 Å². The van der Waals surface area contributed by atoms with Crippen LogP contribution in [-0.4, -0.2) is 48.4 Å². The van der Waals surface area contributed by atoms with Crippen molar-refractivity contribution in [1.29, 1.82) is 0 Å². The summed E-state index contributed by atoms with van der Waals surface area (Å²) in [6.07, 6.45) is 0.830. The number of nitrogens with zero attached hydrogens (tertiary/aromatic N) is 5. The lowest BCUT2D eigenvalue weighted by Crippen LogP contribution is -2.37. The van der Waals surface area contributed by atoms with Crippen LogP contribution in [0.15, 0.2) is 24.3 Å². The van der Waals surface area contributed by atoms with Crippen molar-refractivity contribution in [2.24, 2.45) is 5.41 Å². The molecule has 1 fully saturated rings. The third-order valence-electron chi connectivity index (χ3n) is 4.98. The highest BCUT2D eigenvalue weighted by atomic mass is 16.5. The lowest BCUT2D eigenvalue weighted by Gasteiger charge is -2.28. The highest BCUT2D eigenvalue weighted by Crippen LogP contribution is 2.31. The second kappa shape index (κ2) is 7.26. The maximum absolute atomic E-state index is 13.2. The van der Waals surface area contributed by atoms with E-state index in [4.69, 9.17) is 4.74 Å². The van der Waals surface area contributed by atoms with Crippen molar-refractivity contribution in [3.63, 3.8) is 0 Å². The van der Waals surface area contributed by atoms with Crippen molar-refractivity contribution in [2.75, 3.05) is 0 Å². The number of aromatic amines is 1. The zero-order valence-electron chi connectivity index (χ0n) is 16.5. The number of tetrazole rings is 1. The third-order valence-corrected chi connectivity index (χ3v) is 4.98. The van der Waals surface area contributed by atoms with Crippen LogP contribution >= 0.6 is 0 Å². The molecule has 0 aliphatic carbocycles. The van der Waals surface area contributed by atoms with Crippen molar-refractivity contribution in [1.82, 2.24) is 35.7 Å². The van der Waals surface area contributed by atoms with Crippen LogP contribution in [0.2, 0.25) is 0 Å². The molecule has 3 aromatic rings. The molecule has 0 radical (unpaired) electrons. The highest BCUT2D eigenvalue weighted by molar-refractivity contribution is 6.05. The molecule has 2 atom stereocenters. The predicted molar refractivity (Wildman–Crippen MR) is 103 cm³/mol. The van der Waals surface area contributed by atoms with Crippen LogP contribution in [0.1, 0.15) is 56.0 Å². The number of fused-ring (bicyclic) bond motifs is 1. The van der Waals surface area contributed by atoms with E-state index in [9.17, 15) is 9.59 Å². The Balaban J connectivity index is 1.64. The minimum Gasteiger partial charge on any atom is -0.460 e. The fourth-order valence-electron chi connectivity index (χ4n) is 3.50. The summed E-state index contributed by atoms with van der Waals surface area (Å²) in [7, 11) is 0. The van der Waals surface area contributed by atoms with Crippen molar-refractivity contribution in [3.05, 3.63) is 35.8 Å². The van der Waals surface area contributed by atoms with Gasteiger partial charge in [-0.15, -0.1) is 10.2 Å². The van der Waals surface area contributed by atoms with Gasteiger partial charge in [0.25, 0.3) is 5.91 Å². The number of aromatic nitrogens is 6. The summed E-state index contributed by atoms with van der Waals surface area (Å²) in [5, 5.41) is 22.4. The monoisotopic (exact) mass is 397 g/mol. The van der Waals surface area contributed by atoms with Gasteiger partial charge >= 0.3 is 5.97 Å². The molecule has 0 unspecified atom stereocenters. The number of rotatable bonds is 5. The molecule has 3 heterocycles. The number of hydrogen-bond donors (Lipinski definition) is 2. The molecular formula is C19H23N7O3. The van der Waals surface area contributed by atoms with Gasteiger partial charge in [-0.2, -0.15) is 10.3 Å². The Hall–Kier alpha value is -3.30. The molecule has 1 aromatic carbocycles. The number of esters is 1. The number of amides is 1. The molecule has 0 spiro atoms. The molecule has 1 saturated heterocycles. The minimum atomic E-state index is -0.451. The number of para-hydroxylation sites is 1. The van der Waals surface area contributed by atoms with Gasteiger partial charge in [-0.1, -0.05) is 44.2 Å². The van der Waals surface area contributed by atoms with Gasteiger partial charge < -0.3 is 10.1 Å². The van der Waals surface area contributed by atoms with E-state index >= 15 is 0 Å². The maximum Gasteiger partial charge on any atom is 0.306 e. The first-order valence-corrected chi connectivity index (χ1v) is 9.52. The second-order valence-electron chi connectivity index (χ2n) is 8.24. The van der Waals surface area contributed by atoms with Gasteiger partial charge in [-0.3, -0.25) is 14.3 Å². The van der Waals surface area contributed by atoms with E-state index in [0.717, 1.165) is 10.9 Å². The lowest BCUT2D eigenvalue weighted by atomic mass is 9.86. The van der Waals surface area contributed by atoms with Gasteiger partial charge in [-0.25, -0.2) is 0 Å². The first-order valence-electron chi connectivity index (χ1n) is 9.52. The topological polar surface area (TPSA) is 128 Å². The highest BCUT2D eigenvalue weighted by Gasteiger charge is 2.33. The smallest absolute Gasteiger partial charge is 0.306 e. The molecule has 29 heavy (non-hydrogen) atoms. The van der Waals surface area contributed by atoms with Crippen LogP contribution < -0.4 is 5.32 Å². The molecule has 1 aliphatic heterocycles. The molecule has 1 aliphatic rings. The standard InChI is InChI=1S/C19H23N7O3/c1-19(2,3)16(17-21-24-25-22-17)20-18(28)15-12-6-4-5-7-13(12)26(23-15)10-11-8-9-14(27)29-11/h4-7,11,16H,8-10H2,1-3H3,(H,20,28)(H,21,22,24,25)/t11-,16-/m1/s1. The first-order chi connectivity index (χ1) is 13.8. The summed E-state index contributed by atoms with van der Waals surface area (Å²) >= 11 is 0. The zero-order chi connectivity index (χ0) is 20.6. The van der Waals surface area contributed by atoms with Crippen molar-refractivity contribution < 1.29 is 14.3 Å². The number of benzene rings is 1. The summed E-state index contributed by atoms with van der Waals surface area (Å²) in [5.74, 6) is -0.113. The van der Waals surface area contributed by atoms with Gasteiger partial charge in [0.1, 0.15) is 6.10 Å². The molecular weight excluding hydrogens is 374 g/mol. The van der Waals surface area contributed by atoms with Crippen LogP contribution in [0.4, 0.5) is 0 Å². The Morgan fingerprint density at radius 3 is 2.83 bits per heavy atom. The van der Waals surface area contributed by atoms with E-state index in [0.29, 0.717) is 30.9 Å². The predicted octanol–water partition coefficient (Wildman–Crippen LogP) is 1.77. The average Bonchev–Trinajstić information content (AvgIpc) is 3.40. The molecule has 152 valence electrons. The number of cyclic esters (lactones) is 1. The van der Waals surface area contributed by atoms with E-state index in [1.165, 1.54) is 0 Å². The first kappa shape index (κ1) is 19.0. The van der Waals surface area contributed by atoms with Crippen LogP contribution in [0.5, 0.6) is 0 Å². The molecule has 4 rings (SSSR count). The Morgan fingerprint density at radius 2 is 2.17 bits per heavy atom. The van der Waals surface area contributed by atoms with Crippen LogP contribution in [-0.2, 0) is 16.1 Å². The van der Waals surface area contributed by atoms with Crippen molar-refractivity contribution >= 4 is 22.8 Å². The van der Waals surface area contributed by atoms with E-state index in [2.05, 4.69) is 31.0 Å². The maximum atomic E-state index is 13.2. The largest absolute Gasteiger partial charge is 0.460 e. The van der Waals surface area contributed by atoms with Gasteiger partial charge in [0.15, 0.2) is 11.5 Å². The van der Waals surface area contributed by atoms with E-state index in [1.807, 2.05) is 45.0 Å². The fourth-order valence-corrected chi connectivity index (χ4v) is 3.50. The Labute approximate surface area is 167 Å². The van der Waals surface area contributed by atoms with Crippen molar-refractivity contribution in [3.8, 4) is 0 Å². The van der Waals surface area contributed by atoms with Crippen molar-refractivity contribution in [2.45, 2.75) is 52.3 Å².